The van der Waals surface area contributed by atoms with Gasteiger partial charge >= 0.3 is 0 Å². The zero-order chi connectivity index (χ0) is 11.3. The average molecular weight is 217 g/mol. The molecule has 0 saturated heterocycles. The summed E-state index contributed by atoms with van der Waals surface area (Å²) in [5.41, 5.74) is 5.44. The van der Waals surface area contributed by atoms with Crippen LogP contribution in [0.3, 0.4) is 0 Å². The zero-order valence-electron chi connectivity index (χ0n) is 8.12. The molecule has 0 aliphatic rings. The molecule has 3 N–H and O–H groups in total. The van der Waals surface area contributed by atoms with Crippen LogP contribution in [0.15, 0.2) is 18.2 Å². The van der Waals surface area contributed by atoms with Crippen molar-refractivity contribution >= 4 is 0 Å². The van der Waals surface area contributed by atoms with E-state index in [2.05, 4.69) is 0 Å². The summed E-state index contributed by atoms with van der Waals surface area (Å²) < 4.78 is 31.2. The van der Waals surface area contributed by atoms with Gasteiger partial charge in [0, 0.05) is 12.1 Å². The largest absolute Gasteiger partial charge is 0.394 e. The van der Waals surface area contributed by atoms with E-state index >= 15 is 0 Å². The molecule has 0 amide bonds. The van der Waals surface area contributed by atoms with Crippen LogP contribution in [0.5, 0.6) is 0 Å². The van der Waals surface area contributed by atoms with E-state index < -0.39 is 17.7 Å². The molecule has 0 heterocycles. The molecule has 0 saturated carbocycles. The number of aliphatic hydroxyl groups excluding tert-OH is 1. The number of benzene rings is 1. The van der Waals surface area contributed by atoms with Gasteiger partial charge in [0.2, 0.25) is 0 Å². The third-order valence-corrected chi connectivity index (χ3v) is 1.93. The summed E-state index contributed by atoms with van der Waals surface area (Å²) in [7, 11) is 0. The molecule has 0 aliphatic carbocycles. The second-order valence-electron chi connectivity index (χ2n) is 2.98. The summed E-state index contributed by atoms with van der Waals surface area (Å²) in [6.45, 7) is -0.119. The SMILES string of the molecule is NCC(OCCO)c1cc(F)ccc1F. The van der Waals surface area contributed by atoms with E-state index in [0.29, 0.717) is 0 Å². The second-order valence-corrected chi connectivity index (χ2v) is 2.98. The van der Waals surface area contributed by atoms with Gasteiger partial charge in [-0.05, 0) is 18.2 Å². The monoisotopic (exact) mass is 217 g/mol. The Morgan fingerprint density at radius 2 is 2.13 bits per heavy atom. The lowest BCUT2D eigenvalue weighted by atomic mass is 10.1. The lowest BCUT2D eigenvalue weighted by Crippen LogP contribution is -2.18. The van der Waals surface area contributed by atoms with Gasteiger partial charge in [-0.15, -0.1) is 0 Å². The van der Waals surface area contributed by atoms with Crippen molar-refractivity contribution < 1.29 is 18.6 Å². The van der Waals surface area contributed by atoms with Crippen molar-refractivity contribution in [1.82, 2.24) is 0 Å². The first-order valence-electron chi connectivity index (χ1n) is 4.56. The van der Waals surface area contributed by atoms with Gasteiger partial charge in [0.1, 0.15) is 11.6 Å². The van der Waals surface area contributed by atoms with E-state index in [4.69, 9.17) is 15.6 Å². The van der Waals surface area contributed by atoms with Crippen molar-refractivity contribution in [1.29, 1.82) is 0 Å². The molecule has 5 heteroatoms. The van der Waals surface area contributed by atoms with E-state index in [9.17, 15) is 8.78 Å². The third kappa shape index (κ3) is 3.23. The van der Waals surface area contributed by atoms with Crippen LogP contribution in [0.25, 0.3) is 0 Å². The van der Waals surface area contributed by atoms with Crippen LogP contribution in [-0.2, 0) is 4.74 Å². The Morgan fingerprint density at radius 1 is 1.40 bits per heavy atom. The lowest BCUT2D eigenvalue weighted by molar-refractivity contribution is 0.0308. The summed E-state index contributed by atoms with van der Waals surface area (Å²) in [6.07, 6.45) is -0.729. The first kappa shape index (κ1) is 12.0. The summed E-state index contributed by atoms with van der Waals surface area (Å²) in [6, 6.07) is 3.10. The predicted octanol–water partition coefficient (Wildman–Crippen LogP) is 0.974. The van der Waals surface area contributed by atoms with Crippen LogP contribution in [-0.4, -0.2) is 24.9 Å². The number of halogens is 2. The molecule has 0 bridgehead atoms. The summed E-state index contributed by atoms with van der Waals surface area (Å²) in [5, 5.41) is 8.55. The standard InChI is InChI=1S/C10H13F2NO2/c11-7-1-2-9(12)8(5-7)10(6-13)15-4-3-14/h1-2,5,10,14H,3-4,6,13H2. The van der Waals surface area contributed by atoms with Crippen LogP contribution in [0.4, 0.5) is 8.78 Å². The quantitative estimate of drug-likeness (QED) is 0.772. The molecule has 0 fully saturated rings. The highest BCUT2D eigenvalue weighted by Crippen LogP contribution is 2.20. The molecule has 15 heavy (non-hydrogen) atoms. The molecule has 1 unspecified atom stereocenters. The summed E-state index contributed by atoms with van der Waals surface area (Å²) in [5.74, 6) is -1.11. The highest BCUT2D eigenvalue weighted by molar-refractivity contribution is 5.21. The molecule has 84 valence electrons. The normalized spacial score (nSPS) is 12.8. The van der Waals surface area contributed by atoms with E-state index in [1.807, 2.05) is 0 Å². The highest BCUT2D eigenvalue weighted by Gasteiger charge is 2.15. The molecule has 0 aliphatic heterocycles. The first-order valence-corrected chi connectivity index (χ1v) is 4.56. The number of nitrogens with two attached hydrogens (primary N) is 1. The van der Waals surface area contributed by atoms with Crippen molar-refractivity contribution in [3.8, 4) is 0 Å². The number of hydrogen-bond acceptors (Lipinski definition) is 3. The minimum absolute atomic E-state index is 0.0281. The van der Waals surface area contributed by atoms with Crippen LogP contribution in [0.2, 0.25) is 0 Å². The average Bonchev–Trinajstić information content (AvgIpc) is 2.24. The minimum atomic E-state index is -0.729. The van der Waals surface area contributed by atoms with Gasteiger partial charge in [0.15, 0.2) is 0 Å². The van der Waals surface area contributed by atoms with E-state index in [1.54, 1.807) is 0 Å². The van der Waals surface area contributed by atoms with Crippen molar-refractivity contribution in [3.05, 3.63) is 35.4 Å². The fourth-order valence-corrected chi connectivity index (χ4v) is 1.24. The zero-order valence-corrected chi connectivity index (χ0v) is 8.12. The van der Waals surface area contributed by atoms with Crippen LogP contribution in [0.1, 0.15) is 11.7 Å². The Hall–Kier alpha value is -1.04. The number of aliphatic hydroxyl groups is 1. The van der Waals surface area contributed by atoms with Crippen molar-refractivity contribution in [2.75, 3.05) is 19.8 Å². The van der Waals surface area contributed by atoms with E-state index in [1.165, 1.54) is 0 Å². The summed E-state index contributed by atoms with van der Waals surface area (Å²) in [4.78, 5) is 0. The fourth-order valence-electron chi connectivity index (χ4n) is 1.24. The maximum atomic E-state index is 13.3. The van der Waals surface area contributed by atoms with Gasteiger partial charge in [-0.2, -0.15) is 0 Å². The molecule has 1 aromatic carbocycles. The number of hydrogen-bond donors (Lipinski definition) is 2. The van der Waals surface area contributed by atoms with Crippen LogP contribution >= 0.6 is 0 Å². The van der Waals surface area contributed by atoms with E-state index in [-0.39, 0.29) is 25.3 Å². The molecule has 0 radical (unpaired) electrons. The van der Waals surface area contributed by atoms with Crippen LogP contribution in [0, 0.1) is 11.6 Å². The Labute approximate surface area is 86.5 Å². The van der Waals surface area contributed by atoms with Crippen molar-refractivity contribution in [2.45, 2.75) is 6.10 Å². The van der Waals surface area contributed by atoms with Gasteiger partial charge in [0.25, 0.3) is 0 Å². The van der Waals surface area contributed by atoms with Gasteiger partial charge in [0.05, 0.1) is 19.3 Å². The molecular formula is C10H13F2NO2. The van der Waals surface area contributed by atoms with Gasteiger partial charge < -0.3 is 15.6 Å². The van der Waals surface area contributed by atoms with Gasteiger partial charge in [-0.1, -0.05) is 0 Å². The van der Waals surface area contributed by atoms with Crippen molar-refractivity contribution in [2.24, 2.45) is 5.73 Å². The molecule has 0 aromatic heterocycles. The Balaban J connectivity index is 2.85. The predicted molar refractivity (Wildman–Crippen MR) is 51.2 cm³/mol. The number of ether oxygens (including phenoxy) is 1. The molecular weight excluding hydrogens is 204 g/mol. The molecule has 0 spiro atoms. The highest BCUT2D eigenvalue weighted by atomic mass is 19.1. The van der Waals surface area contributed by atoms with Gasteiger partial charge in [-0.25, -0.2) is 8.78 Å². The molecule has 1 atom stereocenters. The van der Waals surface area contributed by atoms with E-state index in [0.717, 1.165) is 18.2 Å². The molecule has 3 nitrogen and oxygen atoms in total. The topological polar surface area (TPSA) is 55.5 Å². The smallest absolute Gasteiger partial charge is 0.129 e. The fraction of sp³-hybridized carbons (Fsp3) is 0.400. The maximum Gasteiger partial charge on any atom is 0.129 e. The van der Waals surface area contributed by atoms with Crippen molar-refractivity contribution in [3.63, 3.8) is 0 Å². The first-order chi connectivity index (χ1) is 7.19. The number of rotatable bonds is 5. The maximum absolute atomic E-state index is 13.3. The second kappa shape index (κ2) is 5.75. The Bertz CT molecular complexity index is 320. The van der Waals surface area contributed by atoms with Crippen LogP contribution < -0.4 is 5.73 Å². The third-order valence-electron chi connectivity index (χ3n) is 1.93. The van der Waals surface area contributed by atoms with Gasteiger partial charge in [-0.3, -0.25) is 0 Å². The molecule has 1 aromatic rings. The molecule has 1 rings (SSSR count). The lowest BCUT2D eigenvalue weighted by Gasteiger charge is -2.16. The Kier molecular flexibility index (Phi) is 4.61. The Morgan fingerprint density at radius 3 is 2.73 bits per heavy atom. The summed E-state index contributed by atoms with van der Waals surface area (Å²) >= 11 is 0. The minimum Gasteiger partial charge on any atom is -0.394 e.